The van der Waals surface area contributed by atoms with Crippen LogP contribution in [-0.4, -0.2) is 147 Å². The molecule has 1 fully saturated rings. The number of amides is 7. The topological polar surface area (TPSA) is 359 Å². The molecule has 7 amide bonds. The van der Waals surface area contributed by atoms with Crippen LogP contribution in [0.1, 0.15) is 50.7 Å². The van der Waals surface area contributed by atoms with Crippen LogP contribution in [0.5, 0.6) is 0 Å². The third-order valence-electron chi connectivity index (χ3n) is 10.9. The molecule has 1 aliphatic rings. The van der Waals surface area contributed by atoms with Gasteiger partial charge < -0.3 is 69.2 Å². The van der Waals surface area contributed by atoms with Gasteiger partial charge in [-0.3, -0.25) is 38.6 Å². The van der Waals surface area contributed by atoms with Gasteiger partial charge in [0.25, 0.3) is 0 Å². The zero-order chi connectivity index (χ0) is 48.5. The summed E-state index contributed by atoms with van der Waals surface area (Å²) in [6.07, 6.45) is 3.02. The van der Waals surface area contributed by atoms with Gasteiger partial charge in [-0.25, -0.2) is 4.79 Å². The van der Waals surface area contributed by atoms with Crippen molar-refractivity contribution < 1.29 is 48.6 Å². The number of rotatable bonds is 24. The number of hydrogen-bond donors (Lipinski definition) is 13. The summed E-state index contributed by atoms with van der Waals surface area (Å²) in [7, 11) is 0. The number of carbonyl (C=O) groups excluding carboxylic acids is 7. The van der Waals surface area contributed by atoms with Crippen molar-refractivity contribution in [1.82, 2.24) is 41.8 Å². The van der Waals surface area contributed by atoms with Crippen LogP contribution < -0.4 is 49.1 Å². The maximum absolute atomic E-state index is 13.7. The summed E-state index contributed by atoms with van der Waals surface area (Å²) in [5.74, 6) is -7.08. The lowest BCUT2D eigenvalue weighted by molar-refractivity contribution is -0.142. The molecule has 0 bridgehead atoms. The van der Waals surface area contributed by atoms with E-state index < -0.39 is 102 Å². The Morgan fingerprint density at radius 2 is 1.38 bits per heavy atom. The number of aliphatic hydroxyl groups excluding tert-OH is 1. The molecule has 66 heavy (non-hydrogen) atoms. The number of carboxylic acids is 1. The second-order valence-electron chi connectivity index (χ2n) is 15.9. The maximum Gasteiger partial charge on any atom is 0.326 e. The highest BCUT2D eigenvalue weighted by Crippen LogP contribution is 2.22. The number of nitrogens with two attached hydrogens (primary N) is 3. The van der Waals surface area contributed by atoms with Crippen LogP contribution >= 0.6 is 12.6 Å². The van der Waals surface area contributed by atoms with E-state index >= 15 is 0 Å². The fourth-order valence-electron chi connectivity index (χ4n) is 7.24. The molecule has 4 rings (SSSR count). The number of thiol groups is 1. The van der Waals surface area contributed by atoms with Crippen molar-refractivity contribution in [3.63, 3.8) is 0 Å². The minimum absolute atomic E-state index is 0.0184. The van der Waals surface area contributed by atoms with E-state index in [1.54, 1.807) is 36.5 Å². The molecule has 1 aromatic heterocycles. The number of aromatic nitrogens is 1. The summed E-state index contributed by atoms with van der Waals surface area (Å²) in [6, 6.07) is 6.20. The van der Waals surface area contributed by atoms with Crippen LogP contribution in [0.4, 0.5) is 0 Å². The fourth-order valence-corrected chi connectivity index (χ4v) is 7.50. The molecule has 2 heterocycles. The number of aromatic amines is 1. The normalized spacial score (nSPS) is 16.6. The van der Waals surface area contributed by atoms with Gasteiger partial charge in [-0.1, -0.05) is 48.5 Å². The van der Waals surface area contributed by atoms with Gasteiger partial charge in [0, 0.05) is 42.4 Å². The van der Waals surface area contributed by atoms with Crippen molar-refractivity contribution in [1.29, 1.82) is 0 Å². The minimum atomic E-state index is -1.59. The van der Waals surface area contributed by atoms with E-state index in [1.807, 2.05) is 24.3 Å². The summed E-state index contributed by atoms with van der Waals surface area (Å²) in [5.41, 5.74) is 19.3. The number of carboxylic acid groups (broad SMARTS) is 1. The fraction of sp³-hybridized carbons (Fsp3) is 0.465. The Morgan fingerprint density at radius 1 is 0.788 bits per heavy atom. The van der Waals surface area contributed by atoms with Gasteiger partial charge in [0.15, 0.2) is 5.96 Å². The monoisotopic (exact) mass is 936 g/mol. The summed E-state index contributed by atoms with van der Waals surface area (Å²) in [4.78, 5) is 114. The van der Waals surface area contributed by atoms with Crippen LogP contribution in [0.2, 0.25) is 0 Å². The zero-order valence-corrected chi connectivity index (χ0v) is 37.6. The Balaban J connectivity index is 1.34. The summed E-state index contributed by atoms with van der Waals surface area (Å²) in [5, 5.41) is 35.5. The average Bonchev–Trinajstić information content (AvgIpc) is 3.95. The highest BCUT2D eigenvalue weighted by molar-refractivity contribution is 7.80. The second-order valence-corrected chi connectivity index (χ2v) is 16.3. The van der Waals surface area contributed by atoms with Gasteiger partial charge >= 0.3 is 5.97 Å². The number of benzene rings is 2. The van der Waals surface area contributed by atoms with E-state index in [4.69, 9.17) is 17.2 Å². The van der Waals surface area contributed by atoms with E-state index in [2.05, 4.69) is 54.5 Å². The van der Waals surface area contributed by atoms with Crippen molar-refractivity contribution in [2.45, 2.75) is 101 Å². The summed E-state index contributed by atoms with van der Waals surface area (Å²) < 4.78 is 0. The molecule has 1 saturated heterocycles. The molecule has 0 aliphatic carbocycles. The molecular weight excluding hydrogens is 877 g/mol. The Labute approximate surface area is 386 Å². The number of likely N-dealkylation sites (tertiary alicyclic amines) is 1. The number of nitrogens with one attached hydrogen (secondary N) is 7. The molecular formula is C43H60N12O10S. The lowest BCUT2D eigenvalue weighted by Crippen LogP contribution is -2.60. The van der Waals surface area contributed by atoms with E-state index in [9.17, 15) is 48.6 Å². The third kappa shape index (κ3) is 14.9. The van der Waals surface area contributed by atoms with Gasteiger partial charge in [0.2, 0.25) is 41.4 Å². The average molecular weight is 937 g/mol. The number of hydrogen-bond acceptors (Lipinski definition) is 12. The highest BCUT2D eigenvalue weighted by Gasteiger charge is 2.38. The lowest BCUT2D eigenvalue weighted by atomic mass is 10.0. The number of aliphatic hydroxyl groups is 1. The standard InChI is InChI=1S/C43H60N12O10S/c1-23(36(58)54-33(22-66)39(61)51-30(42(64)65)14-8-16-47-43(45)46)49-37(59)31(18-25-10-4-3-5-11-25)52-38(60)32(21-56)53-35(57)24(2)50-40(62)34-15-9-17-55(34)41(63)28(44)19-26-20-48-29-13-7-6-12-27(26)29/h3-7,10-13,20,23-24,28,30-34,48,56,66H,8-9,14-19,21-22,44H2,1-2H3,(H,49,59)(H,50,62)(H,51,61)(H,52,60)(H,53,57)(H,54,58)(H,64,65)(H4,45,46,47)/t23-,24-,28-,30-,31-,32-,33-,34-/m0/s1. The van der Waals surface area contributed by atoms with Gasteiger partial charge in [-0.05, 0) is 63.1 Å². The predicted octanol–water partition coefficient (Wildman–Crippen LogP) is -2.72. The Kier molecular flexibility index (Phi) is 19.7. The quantitative estimate of drug-likeness (QED) is 0.0188. The Morgan fingerprint density at radius 3 is 2.03 bits per heavy atom. The van der Waals surface area contributed by atoms with Crippen molar-refractivity contribution in [3.8, 4) is 0 Å². The minimum Gasteiger partial charge on any atom is -0.480 e. The molecule has 0 unspecified atom stereocenters. The van der Waals surface area contributed by atoms with Crippen LogP contribution in [0, 0.1) is 0 Å². The Hall–Kier alpha value is -6.72. The number of para-hydroxylation sites is 1. The first kappa shape index (κ1) is 51.9. The van der Waals surface area contributed by atoms with Gasteiger partial charge in [-0.15, -0.1) is 0 Å². The molecule has 2 aromatic carbocycles. The highest BCUT2D eigenvalue weighted by atomic mass is 32.1. The number of carbonyl (C=O) groups is 8. The number of nitrogens with zero attached hydrogens (tertiary/aromatic N) is 2. The largest absolute Gasteiger partial charge is 0.480 e. The number of guanidine groups is 1. The van der Waals surface area contributed by atoms with Gasteiger partial charge in [-0.2, -0.15) is 12.6 Å². The second kappa shape index (κ2) is 25.1. The van der Waals surface area contributed by atoms with Crippen LogP contribution in [-0.2, 0) is 51.2 Å². The van der Waals surface area contributed by atoms with Gasteiger partial charge in [0.1, 0.15) is 42.3 Å². The molecule has 23 heteroatoms. The SMILES string of the molecule is C[C@H](NC(=O)[C@H](Cc1ccccc1)NC(=O)[C@H](CO)NC(=O)[C@H](C)NC(=O)[C@@H]1CCCN1C(=O)[C@@H](N)Cc1c[nH]c2ccccc12)C(=O)N[C@@H](CS)C(=O)N[C@@H](CCCN=C(N)N)C(=O)O. The van der Waals surface area contributed by atoms with Crippen LogP contribution in [0.25, 0.3) is 10.9 Å². The molecule has 358 valence electrons. The summed E-state index contributed by atoms with van der Waals surface area (Å²) in [6.45, 7) is 2.20. The first-order valence-corrected chi connectivity index (χ1v) is 22.0. The number of H-pyrrole nitrogens is 1. The summed E-state index contributed by atoms with van der Waals surface area (Å²) >= 11 is 4.12. The number of fused-ring (bicyclic) bond motifs is 1. The van der Waals surface area contributed by atoms with Gasteiger partial charge in [0.05, 0.1) is 12.6 Å². The van der Waals surface area contributed by atoms with Crippen molar-refractivity contribution in [2.75, 3.05) is 25.4 Å². The van der Waals surface area contributed by atoms with Crippen LogP contribution in [0.3, 0.4) is 0 Å². The molecule has 0 spiro atoms. The van der Waals surface area contributed by atoms with E-state index in [0.717, 1.165) is 16.5 Å². The molecule has 0 radical (unpaired) electrons. The van der Waals surface area contributed by atoms with Crippen LogP contribution in [0.15, 0.2) is 65.8 Å². The first-order chi connectivity index (χ1) is 31.4. The first-order valence-electron chi connectivity index (χ1n) is 21.4. The molecule has 8 atom stereocenters. The molecule has 3 aromatic rings. The molecule has 1 aliphatic heterocycles. The lowest BCUT2D eigenvalue weighted by Gasteiger charge is -2.28. The third-order valence-corrected chi connectivity index (χ3v) is 11.2. The van der Waals surface area contributed by atoms with Crippen molar-refractivity contribution >= 4 is 76.8 Å². The number of aliphatic carboxylic acids is 1. The smallest absolute Gasteiger partial charge is 0.326 e. The van der Waals surface area contributed by atoms with E-state index in [1.165, 1.54) is 18.7 Å². The Bertz CT molecular complexity index is 2220. The van der Waals surface area contributed by atoms with Crippen molar-refractivity contribution in [3.05, 3.63) is 71.9 Å². The molecule has 15 N–H and O–H groups in total. The van der Waals surface area contributed by atoms with E-state index in [0.29, 0.717) is 24.9 Å². The van der Waals surface area contributed by atoms with E-state index in [-0.39, 0.29) is 43.9 Å². The number of aliphatic imine (C=N–C) groups is 1. The predicted molar refractivity (Wildman–Crippen MR) is 246 cm³/mol. The zero-order valence-electron chi connectivity index (χ0n) is 36.7. The van der Waals surface area contributed by atoms with Crippen molar-refractivity contribution in [2.24, 2.45) is 22.2 Å². The molecule has 22 nitrogen and oxygen atoms in total. The maximum atomic E-state index is 13.7. The molecule has 0 saturated carbocycles.